The van der Waals surface area contributed by atoms with Crippen LogP contribution in [0.5, 0.6) is 11.5 Å². The average Bonchev–Trinajstić information content (AvgIpc) is 2.54. The molecule has 0 saturated heterocycles. The summed E-state index contributed by atoms with van der Waals surface area (Å²) in [6.07, 6.45) is -0.383. The maximum atomic E-state index is 14.0. The van der Waals surface area contributed by atoms with E-state index in [1.807, 2.05) is 6.92 Å². The molecule has 0 amide bonds. The Morgan fingerprint density at radius 1 is 1.17 bits per heavy atom. The fraction of sp³-hybridized carbons (Fsp3) is 0.294. The number of benzene rings is 2. The van der Waals surface area contributed by atoms with Crippen molar-refractivity contribution in [1.82, 2.24) is 0 Å². The Bertz CT molecular complexity index is 791. The van der Waals surface area contributed by atoms with Crippen LogP contribution in [-0.4, -0.2) is 19.9 Å². The Labute approximate surface area is 140 Å². The summed E-state index contributed by atoms with van der Waals surface area (Å²) in [5, 5.41) is 14.8. The van der Waals surface area contributed by atoms with Crippen LogP contribution < -0.4 is 9.88 Å². The molecule has 7 heteroatoms. The van der Waals surface area contributed by atoms with Crippen LogP contribution in [0.3, 0.4) is 0 Å². The van der Waals surface area contributed by atoms with E-state index in [1.165, 1.54) is 12.1 Å². The monoisotopic (exact) mass is 353 g/mol. The van der Waals surface area contributed by atoms with Crippen molar-refractivity contribution in [2.24, 2.45) is 5.14 Å². The van der Waals surface area contributed by atoms with Gasteiger partial charge in [0.2, 0.25) is 16.4 Å². The lowest BCUT2D eigenvalue weighted by molar-refractivity contribution is 0.0570. The number of aromatic hydroxyl groups is 1. The van der Waals surface area contributed by atoms with E-state index in [-0.39, 0.29) is 22.8 Å². The number of alkyl halides is 1. The highest BCUT2D eigenvalue weighted by Gasteiger charge is 2.13. The zero-order chi connectivity index (χ0) is 17.7. The maximum Gasteiger partial charge on any atom is 0.239 e. The number of hydrogen-bond donors (Lipinski definition) is 2. The van der Waals surface area contributed by atoms with E-state index in [4.69, 9.17) is 9.88 Å². The van der Waals surface area contributed by atoms with E-state index < -0.39 is 16.4 Å². The Morgan fingerprint density at radius 2 is 1.79 bits per heavy atom. The second kappa shape index (κ2) is 7.63. The van der Waals surface area contributed by atoms with E-state index in [0.717, 1.165) is 17.5 Å². The summed E-state index contributed by atoms with van der Waals surface area (Å²) in [5.74, 6) is 0.0128. The van der Waals surface area contributed by atoms with E-state index in [9.17, 15) is 17.9 Å². The number of primary sulfonamides is 1. The Morgan fingerprint density at radius 3 is 2.33 bits per heavy atom. The van der Waals surface area contributed by atoms with Crippen LogP contribution in [-0.2, 0) is 22.9 Å². The Kier molecular flexibility index (Phi) is 5.80. The van der Waals surface area contributed by atoms with E-state index in [1.54, 1.807) is 30.3 Å². The first-order valence-electron chi connectivity index (χ1n) is 7.54. The van der Waals surface area contributed by atoms with Gasteiger partial charge in [0.25, 0.3) is 0 Å². The van der Waals surface area contributed by atoms with Crippen molar-refractivity contribution in [1.29, 1.82) is 0 Å². The van der Waals surface area contributed by atoms with Crippen molar-refractivity contribution in [2.45, 2.75) is 37.4 Å². The smallest absolute Gasteiger partial charge is 0.239 e. The van der Waals surface area contributed by atoms with Crippen molar-refractivity contribution < 1.29 is 22.7 Å². The molecule has 0 aromatic heterocycles. The van der Waals surface area contributed by atoms with Gasteiger partial charge in [-0.05, 0) is 48.2 Å². The molecule has 3 N–H and O–H groups in total. The third-order valence-corrected chi connectivity index (χ3v) is 4.53. The third kappa shape index (κ3) is 4.94. The normalized spacial score (nSPS) is 12.8. The highest BCUT2D eigenvalue weighted by molar-refractivity contribution is 7.89. The first kappa shape index (κ1) is 18.2. The molecule has 24 heavy (non-hydrogen) atoms. The van der Waals surface area contributed by atoms with Gasteiger partial charge in [-0.25, -0.2) is 17.9 Å². The van der Waals surface area contributed by atoms with Crippen molar-refractivity contribution in [3.8, 4) is 11.5 Å². The molecule has 0 aliphatic rings. The zero-order valence-electron chi connectivity index (χ0n) is 13.3. The summed E-state index contributed by atoms with van der Waals surface area (Å²) in [4.78, 5) is 0.0141. The molecule has 2 rings (SSSR count). The molecule has 2 aromatic carbocycles. The highest BCUT2D eigenvalue weighted by Crippen LogP contribution is 2.29. The molecular formula is C17H20FNO4S. The predicted molar refractivity (Wildman–Crippen MR) is 89.1 cm³/mol. The van der Waals surface area contributed by atoms with Gasteiger partial charge in [-0.15, -0.1) is 0 Å². The third-order valence-electron chi connectivity index (χ3n) is 3.60. The largest absolute Gasteiger partial charge is 0.504 e. The molecule has 0 aliphatic heterocycles. The zero-order valence-corrected chi connectivity index (χ0v) is 14.1. The molecule has 1 atom stereocenters. The summed E-state index contributed by atoms with van der Waals surface area (Å²) in [6, 6.07) is 10.8. The standard InChI is InChI=1S/C17H20FNO4S/c1-2-12-5-9-16(15(20)11-12)23-17(18)10-6-13-3-7-14(8-4-13)24(19,21)22/h3-5,7-9,11,17,20H,2,6,10H2,1H3,(H2,19,21,22). The molecule has 0 aliphatic carbocycles. The quantitative estimate of drug-likeness (QED) is 0.801. The number of nitrogens with two attached hydrogens (primary N) is 1. The summed E-state index contributed by atoms with van der Waals surface area (Å²) in [6.45, 7) is 1.95. The molecule has 5 nitrogen and oxygen atoms in total. The predicted octanol–water partition coefficient (Wildman–Crippen LogP) is 2.91. The second-order valence-electron chi connectivity index (χ2n) is 5.41. The van der Waals surface area contributed by atoms with Gasteiger partial charge >= 0.3 is 0 Å². The molecule has 0 spiro atoms. The molecule has 0 radical (unpaired) electrons. The minimum absolute atomic E-state index is 0.0141. The van der Waals surface area contributed by atoms with Gasteiger partial charge in [0, 0.05) is 6.42 Å². The van der Waals surface area contributed by atoms with E-state index >= 15 is 0 Å². The van der Waals surface area contributed by atoms with Crippen LogP contribution in [0.25, 0.3) is 0 Å². The van der Waals surface area contributed by atoms with Crippen molar-refractivity contribution >= 4 is 10.0 Å². The fourth-order valence-electron chi connectivity index (χ4n) is 2.21. The van der Waals surface area contributed by atoms with Gasteiger partial charge in [0.05, 0.1) is 4.90 Å². The van der Waals surface area contributed by atoms with Gasteiger partial charge < -0.3 is 9.84 Å². The van der Waals surface area contributed by atoms with Gasteiger partial charge in [0.1, 0.15) is 0 Å². The number of ether oxygens (including phenoxy) is 1. The Hall–Kier alpha value is -2.12. The average molecular weight is 353 g/mol. The second-order valence-corrected chi connectivity index (χ2v) is 6.97. The van der Waals surface area contributed by atoms with Gasteiger partial charge in [-0.3, -0.25) is 0 Å². The number of hydrogen-bond acceptors (Lipinski definition) is 4. The number of halogens is 1. The summed E-state index contributed by atoms with van der Waals surface area (Å²) < 4.78 is 41.4. The number of phenols is 1. The summed E-state index contributed by atoms with van der Waals surface area (Å²) in [5.41, 5.74) is 1.70. The molecule has 130 valence electrons. The Balaban J connectivity index is 1.92. The molecule has 0 fully saturated rings. The molecule has 0 saturated carbocycles. The SMILES string of the molecule is CCc1ccc(OC(F)CCc2ccc(S(N)(=O)=O)cc2)c(O)c1. The van der Waals surface area contributed by atoms with E-state index in [2.05, 4.69) is 0 Å². The number of phenolic OH excluding ortho intramolecular Hbond substituents is 1. The number of rotatable bonds is 7. The van der Waals surface area contributed by atoms with Crippen LogP contribution in [0, 0.1) is 0 Å². The van der Waals surface area contributed by atoms with Crippen molar-refractivity contribution in [3.63, 3.8) is 0 Å². The van der Waals surface area contributed by atoms with Gasteiger partial charge in [0.15, 0.2) is 11.5 Å². The van der Waals surface area contributed by atoms with Crippen LogP contribution >= 0.6 is 0 Å². The molecular weight excluding hydrogens is 333 g/mol. The van der Waals surface area contributed by atoms with Crippen LogP contribution in [0.4, 0.5) is 4.39 Å². The van der Waals surface area contributed by atoms with E-state index in [0.29, 0.717) is 6.42 Å². The van der Waals surface area contributed by atoms with Crippen LogP contribution in [0.15, 0.2) is 47.4 Å². The number of sulfonamides is 1. The van der Waals surface area contributed by atoms with Crippen molar-refractivity contribution in [2.75, 3.05) is 0 Å². The topological polar surface area (TPSA) is 89.6 Å². The maximum absolute atomic E-state index is 14.0. The first-order valence-corrected chi connectivity index (χ1v) is 9.08. The number of aryl methyl sites for hydroxylation is 2. The first-order chi connectivity index (χ1) is 11.3. The highest BCUT2D eigenvalue weighted by atomic mass is 32.2. The molecule has 0 heterocycles. The molecule has 1 unspecified atom stereocenters. The summed E-state index contributed by atoms with van der Waals surface area (Å²) >= 11 is 0. The lowest BCUT2D eigenvalue weighted by Gasteiger charge is -2.13. The fourth-order valence-corrected chi connectivity index (χ4v) is 2.72. The van der Waals surface area contributed by atoms with Crippen LogP contribution in [0.2, 0.25) is 0 Å². The van der Waals surface area contributed by atoms with Gasteiger partial charge in [-0.1, -0.05) is 25.1 Å². The lowest BCUT2D eigenvalue weighted by Crippen LogP contribution is -2.13. The van der Waals surface area contributed by atoms with Crippen LogP contribution in [0.1, 0.15) is 24.5 Å². The van der Waals surface area contributed by atoms with Gasteiger partial charge in [-0.2, -0.15) is 0 Å². The minimum Gasteiger partial charge on any atom is -0.504 e. The minimum atomic E-state index is -3.73. The van der Waals surface area contributed by atoms with Crippen molar-refractivity contribution in [3.05, 3.63) is 53.6 Å². The molecule has 0 bridgehead atoms. The molecule has 2 aromatic rings. The lowest BCUT2D eigenvalue weighted by atomic mass is 10.1. The summed E-state index contributed by atoms with van der Waals surface area (Å²) in [7, 11) is -3.73.